The first kappa shape index (κ1) is 12.9. The molecule has 0 aliphatic carbocycles. The number of rotatable bonds is 4. The molecule has 0 aliphatic rings. The maximum Gasteiger partial charge on any atom is 0.291 e. The van der Waals surface area contributed by atoms with Gasteiger partial charge in [-0.1, -0.05) is 12.1 Å². The van der Waals surface area contributed by atoms with Crippen molar-refractivity contribution in [2.24, 2.45) is 0 Å². The number of nitriles is 1. The molecule has 0 bridgehead atoms. The van der Waals surface area contributed by atoms with E-state index in [1.807, 2.05) is 6.07 Å². The van der Waals surface area contributed by atoms with Crippen LogP contribution in [0.1, 0.15) is 21.9 Å². The second-order valence-electron chi connectivity index (χ2n) is 3.91. The number of carbonyl (C=O) groups is 1. The number of nitrogens with one attached hydrogen (secondary N) is 2. The molecule has 5 nitrogen and oxygen atoms in total. The van der Waals surface area contributed by atoms with Gasteiger partial charge in [0.15, 0.2) is 5.76 Å². The van der Waals surface area contributed by atoms with E-state index in [0.29, 0.717) is 23.6 Å². The van der Waals surface area contributed by atoms with Crippen LogP contribution >= 0.6 is 0 Å². The van der Waals surface area contributed by atoms with Gasteiger partial charge in [-0.05, 0) is 31.3 Å². The Balaban J connectivity index is 2.14. The van der Waals surface area contributed by atoms with Gasteiger partial charge in [-0.15, -0.1) is 0 Å². The highest BCUT2D eigenvalue weighted by Gasteiger charge is 2.12. The highest BCUT2D eigenvalue weighted by Crippen LogP contribution is 2.16. The summed E-state index contributed by atoms with van der Waals surface area (Å²) < 4.78 is 5.37. The molecule has 0 aliphatic heterocycles. The Morgan fingerprint density at radius 1 is 1.32 bits per heavy atom. The van der Waals surface area contributed by atoms with E-state index in [2.05, 4.69) is 10.6 Å². The molecule has 96 valence electrons. The van der Waals surface area contributed by atoms with Gasteiger partial charge in [0.2, 0.25) is 0 Å². The highest BCUT2D eigenvalue weighted by molar-refractivity contribution is 6.02. The Morgan fingerprint density at radius 3 is 2.84 bits per heavy atom. The van der Waals surface area contributed by atoms with E-state index in [-0.39, 0.29) is 11.7 Å². The lowest BCUT2D eigenvalue weighted by Gasteiger charge is -2.04. The molecule has 0 radical (unpaired) electrons. The maximum atomic E-state index is 12.0. The molecule has 0 unspecified atom stereocenters. The fourth-order valence-corrected chi connectivity index (χ4v) is 1.64. The first-order valence-electron chi connectivity index (χ1n) is 5.78. The van der Waals surface area contributed by atoms with Gasteiger partial charge in [-0.3, -0.25) is 4.79 Å². The highest BCUT2D eigenvalue weighted by atomic mass is 16.4. The van der Waals surface area contributed by atoms with Crippen LogP contribution in [0.4, 0.5) is 5.69 Å². The Kier molecular flexibility index (Phi) is 3.96. The van der Waals surface area contributed by atoms with Crippen LogP contribution < -0.4 is 10.6 Å². The molecule has 0 fully saturated rings. The minimum atomic E-state index is -0.370. The molecule has 2 N–H and O–H groups in total. The summed E-state index contributed by atoms with van der Waals surface area (Å²) in [6.45, 7) is 0.558. The van der Waals surface area contributed by atoms with Crippen LogP contribution in [0.2, 0.25) is 0 Å². The van der Waals surface area contributed by atoms with Crippen LogP contribution in [-0.4, -0.2) is 13.0 Å². The number of nitrogens with zero attached hydrogens (tertiary/aromatic N) is 1. The zero-order valence-electron chi connectivity index (χ0n) is 10.4. The average Bonchev–Trinajstić information content (AvgIpc) is 2.88. The lowest BCUT2D eigenvalue weighted by atomic mass is 10.2. The zero-order valence-corrected chi connectivity index (χ0v) is 10.4. The maximum absolute atomic E-state index is 12.0. The minimum absolute atomic E-state index is 0.220. The standard InChI is InChI=1S/C14H13N3O2/c1-16-9-11-6-7-13(19-11)14(18)17-12-5-3-2-4-10(12)8-15/h2-7,16H,9H2,1H3,(H,17,18). The first-order chi connectivity index (χ1) is 9.24. The average molecular weight is 255 g/mol. The van der Waals surface area contributed by atoms with Gasteiger partial charge in [0.05, 0.1) is 17.8 Å². The summed E-state index contributed by atoms with van der Waals surface area (Å²) in [4.78, 5) is 12.0. The number of carbonyl (C=O) groups excluding carboxylic acids is 1. The van der Waals surface area contributed by atoms with Gasteiger partial charge in [0, 0.05) is 0 Å². The molecular weight excluding hydrogens is 242 g/mol. The van der Waals surface area contributed by atoms with Gasteiger partial charge < -0.3 is 15.1 Å². The van der Waals surface area contributed by atoms with Crippen molar-refractivity contribution in [3.8, 4) is 6.07 Å². The van der Waals surface area contributed by atoms with Crippen molar-refractivity contribution in [2.75, 3.05) is 12.4 Å². The van der Waals surface area contributed by atoms with E-state index in [9.17, 15) is 4.79 Å². The number of amides is 1. The quantitative estimate of drug-likeness (QED) is 0.877. The van der Waals surface area contributed by atoms with Gasteiger partial charge in [-0.25, -0.2) is 0 Å². The van der Waals surface area contributed by atoms with Crippen LogP contribution in [-0.2, 0) is 6.54 Å². The fraction of sp³-hybridized carbons (Fsp3) is 0.143. The lowest BCUT2D eigenvalue weighted by molar-refractivity contribution is 0.0995. The van der Waals surface area contributed by atoms with Crippen molar-refractivity contribution in [1.29, 1.82) is 5.26 Å². The predicted octanol–water partition coefficient (Wildman–Crippen LogP) is 2.12. The van der Waals surface area contributed by atoms with Crippen molar-refractivity contribution in [2.45, 2.75) is 6.54 Å². The molecule has 2 rings (SSSR count). The number of anilines is 1. The van der Waals surface area contributed by atoms with Gasteiger partial charge in [0.1, 0.15) is 11.8 Å². The monoisotopic (exact) mass is 255 g/mol. The van der Waals surface area contributed by atoms with Crippen LogP contribution in [0.25, 0.3) is 0 Å². The SMILES string of the molecule is CNCc1ccc(C(=O)Nc2ccccc2C#N)o1. The third-order valence-corrected chi connectivity index (χ3v) is 2.53. The number of furan rings is 1. The van der Waals surface area contributed by atoms with Gasteiger partial charge in [-0.2, -0.15) is 5.26 Å². The van der Waals surface area contributed by atoms with Crippen LogP contribution in [0.5, 0.6) is 0 Å². The second kappa shape index (κ2) is 5.85. The number of para-hydroxylation sites is 1. The van der Waals surface area contributed by atoms with Gasteiger partial charge >= 0.3 is 0 Å². The lowest BCUT2D eigenvalue weighted by Crippen LogP contribution is -2.12. The van der Waals surface area contributed by atoms with E-state index >= 15 is 0 Å². The number of hydrogen-bond donors (Lipinski definition) is 2. The third-order valence-electron chi connectivity index (χ3n) is 2.53. The van der Waals surface area contributed by atoms with Gasteiger partial charge in [0.25, 0.3) is 5.91 Å². The molecule has 19 heavy (non-hydrogen) atoms. The molecule has 1 aromatic carbocycles. The van der Waals surface area contributed by atoms with E-state index in [1.165, 1.54) is 0 Å². The van der Waals surface area contributed by atoms with Crippen LogP contribution in [0.3, 0.4) is 0 Å². The molecule has 2 aromatic rings. The Hall–Kier alpha value is -2.58. The van der Waals surface area contributed by atoms with Crippen molar-refractivity contribution < 1.29 is 9.21 Å². The number of benzene rings is 1. The molecule has 1 aromatic heterocycles. The van der Waals surface area contributed by atoms with Crippen molar-refractivity contribution in [1.82, 2.24) is 5.32 Å². The summed E-state index contributed by atoms with van der Waals surface area (Å²) in [6, 6.07) is 12.2. The first-order valence-corrected chi connectivity index (χ1v) is 5.78. The molecular formula is C14H13N3O2. The molecule has 5 heteroatoms. The third kappa shape index (κ3) is 3.00. The number of hydrogen-bond acceptors (Lipinski definition) is 4. The molecule has 0 spiro atoms. The fourth-order valence-electron chi connectivity index (χ4n) is 1.64. The summed E-state index contributed by atoms with van der Waals surface area (Å²) in [5, 5.41) is 14.5. The smallest absolute Gasteiger partial charge is 0.291 e. The van der Waals surface area contributed by atoms with Crippen LogP contribution in [0, 0.1) is 11.3 Å². The van der Waals surface area contributed by atoms with E-state index < -0.39 is 0 Å². The van der Waals surface area contributed by atoms with Crippen LogP contribution in [0.15, 0.2) is 40.8 Å². The largest absolute Gasteiger partial charge is 0.455 e. The minimum Gasteiger partial charge on any atom is -0.455 e. The van der Waals surface area contributed by atoms with Crippen molar-refractivity contribution >= 4 is 11.6 Å². The topological polar surface area (TPSA) is 78.1 Å². The summed E-state index contributed by atoms with van der Waals surface area (Å²) in [5.41, 5.74) is 0.888. The summed E-state index contributed by atoms with van der Waals surface area (Å²) in [7, 11) is 1.80. The Labute approximate surface area is 110 Å². The summed E-state index contributed by atoms with van der Waals surface area (Å²) >= 11 is 0. The Morgan fingerprint density at radius 2 is 2.11 bits per heavy atom. The van der Waals surface area contributed by atoms with E-state index in [4.69, 9.17) is 9.68 Å². The van der Waals surface area contributed by atoms with Crippen molar-refractivity contribution in [3.05, 3.63) is 53.5 Å². The molecule has 0 saturated carbocycles. The summed E-state index contributed by atoms with van der Waals surface area (Å²) in [6.07, 6.45) is 0. The van der Waals surface area contributed by atoms with Crippen molar-refractivity contribution in [3.63, 3.8) is 0 Å². The van der Waals surface area contributed by atoms with E-state index in [0.717, 1.165) is 0 Å². The van der Waals surface area contributed by atoms with E-state index in [1.54, 1.807) is 43.4 Å². The zero-order chi connectivity index (χ0) is 13.7. The molecule has 1 amide bonds. The summed E-state index contributed by atoms with van der Waals surface area (Å²) in [5.74, 6) is 0.532. The molecule has 0 atom stereocenters. The Bertz CT molecular complexity index is 626. The molecule has 1 heterocycles. The second-order valence-corrected chi connectivity index (χ2v) is 3.91. The predicted molar refractivity (Wildman–Crippen MR) is 70.6 cm³/mol. The normalized spacial score (nSPS) is 9.89. The molecule has 0 saturated heterocycles.